The van der Waals surface area contributed by atoms with Crippen molar-refractivity contribution in [1.29, 1.82) is 0 Å². The van der Waals surface area contributed by atoms with Crippen molar-refractivity contribution in [2.24, 2.45) is 16.1 Å². The Kier molecular flexibility index (Phi) is 5.33. The van der Waals surface area contributed by atoms with E-state index in [1.165, 1.54) is 5.56 Å². The summed E-state index contributed by atoms with van der Waals surface area (Å²) in [5.74, 6) is 1.83. The van der Waals surface area contributed by atoms with Gasteiger partial charge in [0.1, 0.15) is 29.7 Å². The molecule has 2 aromatic heterocycles. The number of aromatic nitrogens is 2. The summed E-state index contributed by atoms with van der Waals surface area (Å²) in [6.07, 6.45) is 2.39. The number of nitrogens with zero attached hydrogens (tertiary/aromatic N) is 3. The quantitative estimate of drug-likeness (QED) is 0.298. The predicted molar refractivity (Wildman–Crippen MR) is 140 cm³/mol. The van der Waals surface area contributed by atoms with Crippen molar-refractivity contribution < 1.29 is 10.2 Å². The lowest BCUT2D eigenvalue weighted by atomic mass is 9.80. The summed E-state index contributed by atoms with van der Waals surface area (Å²) in [6.45, 7) is 2.60. The molecule has 6 rings (SSSR count). The highest BCUT2D eigenvalue weighted by Crippen LogP contribution is 2.51. The third kappa shape index (κ3) is 3.70. The van der Waals surface area contributed by atoms with Crippen LogP contribution in [0.25, 0.3) is 10.9 Å². The van der Waals surface area contributed by atoms with Gasteiger partial charge in [-0.3, -0.25) is 0 Å². The van der Waals surface area contributed by atoms with Crippen molar-refractivity contribution in [3.63, 3.8) is 0 Å². The van der Waals surface area contributed by atoms with Gasteiger partial charge in [0.25, 0.3) is 0 Å². The molecule has 4 heterocycles. The fourth-order valence-electron chi connectivity index (χ4n) is 6.21. The minimum absolute atomic E-state index is 0.140. The third-order valence-corrected chi connectivity index (χ3v) is 8.56. The largest absolute Gasteiger partial charge is 0.390 e. The summed E-state index contributed by atoms with van der Waals surface area (Å²) in [7, 11) is 0. The number of pyridine rings is 1. The van der Waals surface area contributed by atoms with E-state index in [2.05, 4.69) is 54.7 Å². The van der Waals surface area contributed by atoms with Crippen LogP contribution in [-0.4, -0.2) is 56.6 Å². The molecule has 1 saturated heterocycles. The van der Waals surface area contributed by atoms with Crippen LogP contribution in [0.3, 0.4) is 0 Å². The molecule has 1 aliphatic carbocycles. The van der Waals surface area contributed by atoms with E-state index in [1.807, 2.05) is 29.8 Å². The van der Waals surface area contributed by atoms with Gasteiger partial charge < -0.3 is 36.9 Å². The Morgan fingerprint density at radius 2 is 2.03 bits per heavy atom. The second kappa shape index (κ2) is 8.19. The summed E-state index contributed by atoms with van der Waals surface area (Å²) < 4.78 is 2.82. The number of hydrogen-bond donors (Lipinski definition) is 6. The number of anilines is 2. The first-order chi connectivity index (χ1) is 16.7. The van der Waals surface area contributed by atoms with Crippen molar-refractivity contribution in [1.82, 2.24) is 14.9 Å². The van der Waals surface area contributed by atoms with E-state index in [0.717, 1.165) is 39.6 Å². The average molecular weight is 540 g/mol. The number of nitrogens with one attached hydrogen (secondary N) is 2. The van der Waals surface area contributed by atoms with Crippen molar-refractivity contribution >= 4 is 44.3 Å². The number of nitrogen functional groups attached to an aromatic ring is 1. The van der Waals surface area contributed by atoms with E-state index in [0.29, 0.717) is 24.6 Å². The Labute approximate surface area is 211 Å². The first-order valence-corrected chi connectivity index (χ1v) is 12.8. The molecule has 35 heavy (non-hydrogen) atoms. The molecule has 10 heteroatoms. The van der Waals surface area contributed by atoms with Gasteiger partial charge in [0.05, 0.1) is 27.7 Å². The van der Waals surface area contributed by atoms with Gasteiger partial charge in [0, 0.05) is 29.6 Å². The van der Waals surface area contributed by atoms with Crippen LogP contribution in [0.1, 0.15) is 36.9 Å². The summed E-state index contributed by atoms with van der Waals surface area (Å²) >= 11 is 3.44. The number of amidine groups is 1. The van der Waals surface area contributed by atoms with Gasteiger partial charge >= 0.3 is 0 Å². The molecule has 0 amide bonds. The van der Waals surface area contributed by atoms with Crippen molar-refractivity contribution in [2.45, 2.75) is 56.6 Å². The summed E-state index contributed by atoms with van der Waals surface area (Å²) in [5.41, 5.74) is 14.6. The molecule has 1 saturated carbocycles. The lowest BCUT2D eigenvalue weighted by Crippen LogP contribution is -2.38. The van der Waals surface area contributed by atoms with Crippen LogP contribution in [0.15, 0.2) is 46.0 Å². The molecule has 1 spiro atoms. The van der Waals surface area contributed by atoms with E-state index in [4.69, 9.17) is 11.5 Å². The Morgan fingerprint density at radius 1 is 1.20 bits per heavy atom. The van der Waals surface area contributed by atoms with Crippen LogP contribution >= 0.6 is 15.9 Å². The van der Waals surface area contributed by atoms with Crippen LogP contribution in [0.5, 0.6) is 0 Å². The first kappa shape index (κ1) is 22.8. The van der Waals surface area contributed by atoms with E-state index < -0.39 is 17.6 Å². The number of halogens is 1. The number of rotatable bonds is 3. The summed E-state index contributed by atoms with van der Waals surface area (Å²) in [5, 5.41) is 30.3. The number of aliphatic imine (C=N–C) groups is 1. The molecule has 2 aliphatic heterocycles. The standard InChI is InChI=1S/C25H30BrN7O2/c1-12-30-22(27)16-4-5-33(24(16)31-12)19-10-25(21(35)20(19)34)9-15(29-11-25)6-13-2-3-14-8-17(26)23(28)32-18(14)7-13/h2-5,7-8,12,15,19-21,29,31,34-35H,6,9-11H2,1H3,(H2,27,30)(H2,28,32)/t12?,15-,19-,20+,21+,25+/m1/s1. The molecule has 6 atom stereocenters. The summed E-state index contributed by atoms with van der Waals surface area (Å²) in [6, 6.07) is 10.1. The van der Waals surface area contributed by atoms with Gasteiger partial charge in [-0.05, 0) is 65.9 Å². The maximum atomic E-state index is 11.2. The highest BCUT2D eigenvalue weighted by molar-refractivity contribution is 9.10. The number of aliphatic hydroxyl groups is 2. The minimum atomic E-state index is -0.865. The Hall–Kier alpha value is -2.66. The Bertz CT molecular complexity index is 1340. The lowest BCUT2D eigenvalue weighted by molar-refractivity contribution is -0.0219. The monoisotopic (exact) mass is 539 g/mol. The second-order valence-electron chi connectivity index (χ2n) is 10.3. The minimum Gasteiger partial charge on any atom is -0.390 e. The van der Waals surface area contributed by atoms with Gasteiger partial charge in [-0.15, -0.1) is 0 Å². The predicted octanol–water partition coefficient (Wildman–Crippen LogP) is 2.12. The molecule has 8 N–H and O–H groups in total. The van der Waals surface area contributed by atoms with Gasteiger partial charge in [0.15, 0.2) is 0 Å². The second-order valence-corrected chi connectivity index (χ2v) is 11.1. The van der Waals surface area contributed by atoms with Gasteiger partial charge in [-0.25, -0.2) is 9.98 Å². The highest BCUT2D eigenvalue weighted by Gasteiger charge is 2.56. The maximum Gasteiger partial charge on any atom is 0.138 e. The van der Waals surface area contributed by atoms with Crippen LogP contribution < -0.4 is 22.1 Å². The van der Waals surface area contributed by atoms with Crippen molar-refractivity contribution in [3.05, 3.63) is 52.1 Å². The first-order valence-electron chi connectivity index (χ1n) is 12.0. The molecule has 1 aromatic carbocycles. The van der Waals surface area contributed by atoms with Crippen LogP contribution in [0.4, 0.5) is 11.6 Å². The van der Waals surface area contributed by atoms with Crippen LogP contribution in [0.2, 0.25) is 0 Å². The van der Waals surface area contributed by atoms with Gasteiger partial charge in [0.2, 0.25) is 0 Å². The zero-order chi connectivity index (χ0) is 24.5. The molecular weight excluding hydrogens is 510 g/mol. The highest BCUT2D eigenvalue weighted by atomic mass is 79.9. The van der Waals surface area contributed by atoms with E-state index >= 15 is 0 Å². The number of aliphatic hydroxyl groups excluding tert-OH is 2. The zero-order valence-corrected chi connectivity index (χ0v) is 21.0. The zero-order valence-electron chi connectivity index (χ0n) is 19.4. The number of hydrogen-bond acceptors (Lipinski definition) is 8. The van der Waals surface area contributed by atoms with E-state index in [9.17, 15) is 10.2 Å². The van der Waals surface area contributed by atoms with Gasteiger partial charge in [-0.2, -0.15) is 0 Å². The average Bonchev–Trinajstić information content (AvgIpc) is 3.48. The van der Waals surface area contributed by atoms with Gasteiger partial charge in [-0.1, -0.05) is 12.1 Å². The molecular formula is C25H30BrN7O2. The molecule has 3 aromatic rings. The lowest BCUT2D eigenvalue weighted by Gasteiger charge is -2.27. The molecule has 0 bridgehead atoms. The van der Waals surface area contributed by atoms with E-state index in [1.54, 1.807) is 0 Å². The maximum absolute atomic E-state index is 11.2. The van der Waals surface area contributed by atoms with Crippen molar-refractivity contribution in [2.75, 3.05) is 17.6 Å². The topological polar surface area (TPSA) is 147 Å². The Balaban J connectivity index is 1.21. The number of fused-ring (bicyclic) bond motifs is 2. The van der Waals surface area contributed by atoms with Crippen molar-refractivity contribution in [3.8, 4) is 0 Å². The SMILES string of the molecule is CC1N=C(N)c2ccn([C@@H]3C[C@@]4(CN[C@H](Cc5ccc6cc(Br)c(N)nc6c5)C4)[C@@H](O)[C@H]3O)c2N1. The number of benzene rings is 1. The van der Waals surface area contributed by atoms with Crippen LogP contribution in [0, 0.1) is 5.41 Å². The summed E-state index contributed by atoms with van der Waals surface area (Å²) in [4.78, 5) is 8.88. The molecule has 2 fully saturated rings. The fraction of sp³-hybridized carbons (Fsp3) is 0.440. The third-order valence-electron chi connectivity index (χ3n) is 7.93. The molecule has 9 nitrogen and oxygen atoms in total. The Morgan fingerprint density at radius 3 is 2.86 bits per heavy atom. The molecule has 0 radical (unpaired) electrons. The number of nitrogens with two attached hydrogens (primary N) is 2. The molecule has 1 unspecified atom stereocenters. The molecule has 3 aliphatic rings. The van der Waals surface area contributed by atoms with Crippen LogP contribution in [-0.2, 0) is 6.42 Å². The normalized spacial score (nSPS) is 32.1. The molecule has 184 valence electrons. The smallest absolute Gasteiger partial charge is 0.138 e. The van der Waals surface area contributed by atoms with E-state index in [-0.39, 0.29) is 18.2 Å². The fourth-order valence-corrected chi connectivity index (χ4v) is 6.54.